The van der Waals surface area contributed by atoms with E-state index in [4.69, 9.17) is 19.2 Å². The van der Waals surface area contributed by atoms with Gasteiger partial charge in [-0.15, -0.1) is 0 Å². The van der Waals surface area contributed by atoms with Gasteiger partial charge in [0.05, 0.1) is 55.0 Å². The van der Waals surface area contributed by atoms with Gasteiger partial charge >= 0.3 is 0 Å². The molecule has 3 aliphatic carbocycles. The summed E-state index contributed by atoms with van der Waals surface area (Å²) in [5.74, 6) is 0.759. The molecule has 24 rings (SSSR count). The van der Waals surface area contributed by atoms with Crippen LogP contribution in [0.1, 0.15) is 113 Å². The Hall–Kier alpha value is -14.7. The average Bonchev–Trinajstić information content (AvgIpc) is 1.63. The van der Waals surface area contributed by atoms with Crippen LogP contribution in [0, 0.1) is 46.7 Å². The third-order valence-corrected chi connectivity index (χ3v) is 30.2. The molecule has 0 atom stereocenters. The van der Waals surface area contributed by atoms with E-state index in [9.17, 15) is 22.0 Å². The molecule has 23 heteroatoms. The van der Waals surface area contributed by atoms with E-state index in [0.717, 1.165) is 259 Å². The van der Waals surface area contributed by atoms with E-state index in [2.05, 4.69) is 239 Å². The molecule has 0 amide bonds. The maximum atomic E-state index is 15.3. The molecule has 4 saturated heterocycles. The molecule has 16 aromatic rings. The van der Waals surface area contributed by atoms with Gasteiger partial charge in [0.15, 0.2) is 23.2 Å². The number of hydrogen-bond acceptors (Lipinski definition) is 13. The van der Waals surface area contributed by atoms with E-state index >= 15 is 4.39 Å². The number of methoxy groups -OCH3 is 3. The minimum absolute atomic E-state index is 0.00709. The first-order valence-corrected chi connectivity index (χ1v) is 50.0. The summed E-state index contributed by atoms with van der Waals surface area (Å²) in [4.78, 5) is 40.3. The molecule has 5 N–H and O–H groups in total. The van der Waals surface area contributed by atoms with E-state index in [-0.39, 0.29) is 28.5 Å². The number of anilines is 6. The van der Waals surface area contributed by atoms with E-state index in [1.807, 2.05) is 68.4 Å². The zero-order chi connectivity index (χ0) is 98.7. The number of aryl methyl sites for hydroxylation is 1. The fourth-order valence-electron chi connectivity index (χ4n) is 21.5. The first-order chi connectivity index (χ1) is 69.4. The van der Waals surface area contributed by atoms with Gasteiger partial charge in [-0.25, -0.2) is 31.3 Å². The molecule has 17 nitrogen and oxygen atoms in total. The van der Waals surface area contributed by atoms with Crippen molar-refractivity contribution < 1.29 is 40.6 Å². The molecule has 5 aliphatic heterocycles. The molecule has 0 unspecified atom stereocenters. The third-order valence-electron chi connectivity index (χ3n) is 30.2. The van der Waals surface area contributed by atoms with Gasteiger partial charge in [-0.3, -0.25) is 4.99 Å². The van der Waals surface area contributed by atoms with Crippen LogP contribution in [0.3, 0.4) is 0 Å². The number of piperazine rings is 2. The van der Waals surface area contributed by atoms with Crippen molar-refractivity contribution in [2.24, 2.45) is 16.8 Å². The predicted octanol–water partition coefficient (Wildman–Crippen LogP) is 26.2. The Morgan fingerprint density at radius 2 is 0.909 bits per heavy atom. The Balaban J connectivity index is 0.000000113. The lowest BCUT2D eigenvalue weighted by molar-refractivity contribution is 0.313. The number of aliphatic imine (C=N–C) groups is 1. The number of nitrogens with one attached hydrogen (secondary N) is 5. The van der Waals surface area contributed by atoms with Crippen LogP contribution in [0.15, 0.2) is 217 Å². The lowest BCUT2D eigenvalue weighted by atomic mass is 9.99. The Labute approximate surface area is 831 Å². The SMILES string of the molecule is CCc1cc(F)c(C2=Cc3ccc(-c4nc5ccc(N6CCC(C)CC6)cc5[nH]4)cc3C2)cc1OC.CNc1cc(F)c(F)c(C2=Nc3ccc(-c4cc5ccc(N6CCN(C)CC6)cc5[nH]4)cc3C2)c1.COc1cc(C2=Cc3c(F)cc(-c4cc5ccc(N6CCN(C)CC6)cc5[nH]4)cc3C2)ccc1N(C)C.COc1ccc(F)c(C2=Cc3ccc(-c4cc5ccc(N6CCC(C)CC6)cc5[nH]4)cc3C2)c1F. The van der Waals surface area contributed by atoms with Gasteiger partial charge in [0, 0.05) is 218 Å². The Bertz CT molecular complexity index is 7720. The topological polar surface area (TPSA) is 151 Å². The highest BCUT2D eigenvalue weighted by Crippen LogP contribution is 2.46. The summed E-state index contributed by atoms with van der Waals surface area (Å²) in [5.41, 5.74) is 32.8. The third kappa shape index (κ3) is 19.5. The number of allylic oxidation sites excluding steroid dienone is 3. The van der Waals surface area contributed by atoms with Crippen LogP contribution in [0.25, 0.3) is 124 Å². The van der Waals surface area contributed by atoms with Gasteiger partial charge in [-0.1, -0.05) is 87.5 Å². The number of aromatic amines is 4. The van der Waals surface area contributed by atoms with Gasteiger partial charge in [-0.2, -0.15) is 0 Å². The van der Waals surface area contributed by atoms with Crippen molar-refractivity contribution in [2.45, 2.75) is 78.6 Å². The number of aromatic nitrogens is 5. The first kappa shape index (κ1) is 94.6. The molecular formula is C120H120F6N14O3. The number of nitrogens with zero attached hydrogens (tertiary/aromatic N) is 9. The molecule has 9 heterocycles. The Morgan fingerprint density at radius 3 is 1.48 bits per heavy atom. The number of ether oxygens (including phenoxy) is 3. The number of imidazole rings is 1. The largest absolute Gasteiger partial charge is 0.496 e. The number of halogens is 6. The molecule has 0 spiro atoms. The second-order valence-electron chi connectivity index (χ2n) is 39.8. The number of likely N-dealkylation sites (N-methyl/N-ethyl adjacent to an activating group) is 2. The highest BCUT2D eigenvalue weighted by molar-refractivity contribution is 6.08. The monoisotopic (exact) mass is 1920 g/mol. The minimum atomic E-state index is -0.875. The van der Waals surface area contributed by atoms with Crippen LogP contribution in [-0.4, -0.2) is 176 Å². The summed E-state index contributed by atoms with van der Waals surface area (Å²) in [7, 11) is 14.7. The fraction of sp³-hybridized carbons (Fsp3) is 0.283. The van der Waals surface area contributed by atoms with Gasteiger partial charge < -0.3 is 73.8 Å². The van der Waals surface area contributed by atoms with Crippen LogP contribution < -0.4 is 44.0 Å². The average molecular weight is 1920 g/mol. The highest BCUT2D eigenvalue weighted by atomic mass is 19.2. The fourth-order valence-corrected chi connectivity index (χ4v) is 21.5. The molecule has 0 radical (unpaired) electrons. The van der Waals surface area contributed by atoms with Crippen molar-refractivity contribution in [1.82, 2.24) is 34.7 Å². The summed E-state index contributed by atoms with van der Waals surface area (Å²) >= 11 is 0. The first-order valence-electron chi connectivity index (χ1n) is 50.0. The molecule has 8 aliphatic rings. The predicted molar refractivity (Wildman–Crippen MR) is 576 cm³/mol. The molecule has 0 saturated carbocycles. The summed E-state index contributed by atoms with van der Waals surface area (Å²) in [6.45, 7) is 19.5. The summed E-state index contributed by atoms with van der Waals surface area (Å²) in [6, 6.07) is 70.2. The van der Waals surface area contributed by atoms with Crippen molar-refractivity contribution in [3.8, 4) is 62.4 Å². The zero-order valence-corrected chi connectivity index (χ0v) is 83.0. The zero-order valence-electron chi connectivity index (χ0n) is 83.0. The lowest BCUT2D eigenvalue weighted by Gasteiger charge is -2.34. The summed E-state index contributed by atoms with van der Waals surface area (Å²) in [6.07, 6.45) is 14.0. The van der Waals surface area contributed by atoms with Crippen LogP contribution in [-0.2, 0) is 32.1 Å². The number of piperidine rings is 2. The van der Waals surface area contributed by atoms with Gasteiger partial charge in [0.2, 0.25) is 0 Å². The summed E-state index contributed by atoms with van der Waals surface area (Å²) in [5, 5.41) is 6.36. The van der Waals surface area contributed by atoms with Crippen LogP contribution in [0.4, 0.5) is 66.2 Å². The Morgan fingerprint density at radius 1 is 0.399 bits per heavy atom. The number of fused-ring (bicyclic) bond motifs is 8. The van der Waals surface area contributed by atoms with E-state index in [0.29, 0.717) is 53.8 Å². The molecular weight excluding hydrogens is 1800 g/mol. The van der Waals surface area contributed by atoms with Crippen LogP contribution in [0.5, 0.6) is 17.2 Å². The molecule has 143 heavy (non-hydrogen) atoms. The number of rotatable bonds is 18. The smallest absolute Gasteiger partial charge is 0.175 e. The van der Waals surface area contributed by atoms with Crippen molar-refractivity contribution in [2.75, 3.05) is 165 Å². The van der Waals surface area contributed by atoms with E-state index in [1.165, 1.54) is 78.6 Å². The van der Waals surface area contributed by atoms with Crippen molar-refractivity contribution in [3.05, 3.63) is 314 Å². The number of hydrogen-bond donors (Lipinski definition) is 5. The number of H-pyrrole nitrogens is 4. The van der Waals surface area contributed by atoms with Crippen molar-refractivity contribution in [3.63, 3.8) is 0 Å². The normalized spacial score (nSPS) is 15.9. The van der Waals surface area contributed by atoms with Crippen LogP contribution in [0.2, 0.25) is 0 Å². The van der Waals surface area contributed by atoms with Gasteiger partial charge in [-0.05, 0) is 307 Å². The maximum absolute atomic E-state index is 15.3. The Kier molecular flexibility index (Phi) is 26.5. The second kappa shape index (κ2) is 40.0. The minimum Gasteiger partial charge on any atom is -0.496 e. The lowest BCUT2D eigenvalue weighted by Crippen LogP contribution is -2.44. The van der Waals surface area contributed by atoms with E-state index in [1.54, 1.807) is 39.5 Å². The number of benzene rings is 12. The molecule has 0 bridgehead atoms. The second-order valence-corrected chi connectivity index (χ2v) is 39.8. The quantitative estimate of drug-likeness (QED) is 0.0520. The van der Waals surface area contributed by atoms with Crippen molar-refractivity contribution >= 4 is 124 Å². The highest BCUT2D eigenvalue weighted by Gasteiger charge is 2.31. The maximum Gasteiger partial charge on any atom is 0.175 e. The van der Waals surface area contributed by atoms with E-state index < -0.39 is 23.3 Å². The van der Waals surface area contributed by atoms with Crippen LogP contribution >= 0.6 is 0 Å². The molecule has 4 fully saturated rings. The van der Waals surface area contributed by atoms with Crippen molar-refractivity contribution in [1.29, 1.82) is 0 Å². The summed E-state index contributed by atoms with van der Waals surface area (Å²) < 4.78 is 105. The standard InChI is InChI=1S/C31H33FN4O.C31H32FN3O.C30H28F2N2O.C28H27F2N5/c1-34(2)30-8-6-20(18-31(30)37-4)22-13-23-14-24(16-27(32)26(23)15-22)28-17-21-5-7-25(19-29(21)33-28)36-11-9-35(3)10-12-36;1-4-20-16-27(32)26(18-30(20)36-3)24-13-21-5-6-22(14-23(21)15-24)31-33-28-8-7-25(17-29(28)34-31)35-11-9-19(2)10-12-35;1-18-9-11-34(12-10-18)24-6-5-21-16-26(33-27(21)17-24)20-4-3-19-13-23(15-22(19)14-20)29-25(31)7-8-28(35-2)30(29)32;1-31-20-14-22(28(30)23(29)15-20)27-13-19-11-17(4-6-24(19)32-27)25-12-18-3-5-21(16-26(18)33-25)35-9-7-34(2)8-10-35/h5-8,14-19,33H,9-13H2,1-4H3;5-8,13-14,16-19H,4,9-12,15H2,1-3H3,(H,33,34);3-8,13-14,16-18,33H,9-12,15H2,1-2H3;3-6,11-12,14-16,31,33H,7-10,13H2,1-2H3. The van der Waals surface area contributed by atoms with Gasteiger partial charge in [0.1, 0.15) is 34.8 Å². The molecule has 12 aromatic carbocycles. The van der Waals surface area contributed by atoms with Gasteiger partial charge in [0.25, 0.3) is 0 Å². The molecule has 4 aromatic heterocycles. The molecule has 730 valence electrons.